The highest BCUT2D eigenvalue weighted by atomic mass is 32.2. The molecule has 120 valence electrons. The highest BCUT2D eigenvalue weighted by Crippen LogP contribution is 2.39. The monoisotopic (exact) mass is 338 g/mol. The van der Waals surface area contributed by atoms with Gasteiger partial charge >= 0.3 is 0 Å². The molecule has 2 aromatic carbocycles. The number of rotatable bonds is 3. The van der Waals surface area contributed by atoms with E-state index >= 15 is 0 Å². The summed E-state index contributed by atoms with van der Waals surface area (Å²) in [5.74, 6) is 0.193. The highest BCUT2D eigenvalue weighted by molar-refractivity contribution is 7.97. The molecule has 3 aromatic rings. The number of fused-ring (bicyclic) bond motifs is 3. The first kappa shape index (κ1) is 14.8. The fraction of sp³-hybridized carbons (Fsp3) is 0.0588. The summed E-state index contributed by atoms with van der Waals surface area (Å²) in [5.41, 5.74) is 8.99. The number of nitrogens with zero attached hydrogens (tertiary/aromatic N) is 2. The Morgan fingerprint density at radius 1 is 1.17 bits per heavy atom. The summed E-state index contributed by atoms with van der Waals surface area (Å²) in [6, 6.07) is 15.3. The summed E-state index contributed by atoms with van der Waals surface area (Å²) in [7, 11) is 0. The Balaban J connectivity index is 1.97. The number of carbonyl (C=O) groups is 1. The van der Waals surface area contributed by atoms with Gasteiger partial charge in [-0.15, -0.1) is 0 Å². The molecular weight excluding hydrogens is 324 g/mol. The number of nitrogens with two attached hydrogens (primary N) is 2. The summed E-state index contributed by atoms with van der Waals surface area (Å²) in [4.78, 5) is 12.7. The lowest BCUT2D eigenvalue weighted by Crippen LogP contribution is -2.16. The molecule has 6 nitrogen and oxygen atoms in total. The number of amides is 1. The van der Waals surface area contributed by atoms with Gasteiger partial charge in [-0.25, -0.2) is 4.68 Å². The van der Waals surface area contributed by atoms with E-state index in [0.717, 1.165) is 27.6 Å². The van der Waals surface area contributed by atoms with Gasteiger partial charge in [-0.05, 0) is 48.3 Å². The average Bonchev–Trinajstić information content (AvgIpc) is 3.02. The lowest BCUT2D eigenvalue weighted by Gasteiger charge is -2.19. The quantitative estimate of drug-likeness (QED) is 0.715. The van der Waals surface area contributed by atoms with Gasteiger partial charge in [-0.2, -0.15) is 5.10 Å². The Labute approximate surface area is 142 Å². The first-order valence-electron chi connectivity index (χ1n) is 7.30. The average molecular weight is 338 g/mol. The van der Waals surface area contributed by atoms with Crippen LogP contribution >= 0.6 is 11.9 Å². The van der Waals surface area contributed by atoms with E-state index in [9.17, 15) is 4.79 Å². The van der Waals surface area contributed by atoms with E-state index < -0.39 is 5.91 Å². The molecule has 1 amide bonds. The number of para-hydroxylation sites is 1. The fourth-order valence-corrected chi connectivity index (χ4v) is 3.15. The Morgan fingerprint density at radius 3 is 2.62 bits per heavy atom. The third-order valence-corrected chi connectivity index (χ3v) is 4.49. The van der Waals surface area contributed by atoms with E-state index in [2.05, 4.69) is 5.10 Å². The summed E-state index contributed by atoms with van der Waals surface area (Å²) in [6.45, 7) is 0.265. The van der Waals surface area contributed by atoms with Crippen LogP contribution in [0.4, 0.5) is 0 Å². The SMILES string of the molecule is NSc1ccc(-n2nc(C(N)=O)c3c2-c2ccccc2OC3)cc1. The van der Waals surface area contributed by atoms with Gasteiger partial charge in [0.2, 0.25) is 0 Å². The Hall–Kier alpha value is -2.77. The maximum Gasteiger partial charge on any atom is 0.269 e. The minimum absolute atomic E-state index is 0.233. The van der Waals surface area contributed by atoms with Crippen LogP contribution in [0.5, 0.6) is 5.75 Å². The van der Waals surface area contributed by atoms with E-state index in [1.54, 1.807) is 4.68 Å². The first-order chi connectivity index (χ1) is 11.7. The number of ether oxygens (including phenoxy) is 1. The van der Waals surface area contributed by atoms with Crippen LogP contribution in [-0.4, -0.2) is 15.7 Å². The summed E-state index contributed by atoms with van der Waals surface area (Å²) in [5, 5.41) is 10.0. The maximum atomic E-state index is 11.8. The van der Waals surface area contributed by atoms with E-state index in [4.69, 9.17) is 15.6 Å². The van der Waals surface area contributed by atoms with E-state index in [-0.39, 0.29) is 12.3 Å². The zero-order valence-corrected chi connectivity index (χ0v) is 13.4. The largest absolute Gasteiger partial charge is 0.488 e. The summed E-state index contributed by atoms with van der Waals surface area (Å²) < 4.78 is 7.48. The second kappa shape index (κ2) is 5.70. The standard InChI is InChI=1S/C17H14N4O2S/c18-17(22)15-13-9-23-14-4-2-1-3-12(14)16(13)21(20-15)10-5-7-11(24-19)8-6-10/h1-8H,9,19H2,(H2,18,22). The molecule has 24 heavy (non-hydrogen) atoms. The van der Waals surface area contributed by atoms with Crippen molar-refractivity contribution in [3.05, 3.63) is 59.8 Å². The van der Waals surface area contributed by atoms with Gasteiger partial charge in [-0.1, -0.05) is 12.1 Å². The van der Waals surface area contributed by atoms with Crippen LogP contribution in [0.3, 0.4) is 0 Å². The topological polar surface area (TPSA) is 96.2 Å². The van der Waals surface area contributed by atoms with Crippen molar-refractivity contribution in [2.45, 2.75) is 11.5 Å². The van der Waals surface area contributed by atoms with Gasteiger partial charge in [0, 0.05) is 16.0 Å². The number of benzene rings is 2. The van der Waals surface area contributed by atoms with Crippen LogP contribution in [0.2, 0.25) is 0 Å². The minimum atomic E-state index is -0.567. The van der Waals surface area contributed by atoms with Crippen LogP contribution in [-0.2, 0) is 6.61 Å². The van der Waals surface area contributed by atoms with Crippen molar-refractivity contribution in [2.75, 3.05) is 0 Å². The second-order valence-corrected chi connectivity index (χ2v) is 6.06. The number of aromatic nitrogens is 2. The molecule has 0 unspecified atom stereocenters. The first-order valence-corrected chi connectivity index (χ1v) is 8.18. The molecule has 7 heteroatoms. The van der Waals surface area contributed by atoms with Gasteiger partial charge in [0.25, 0.3) is 5.91 Å². The molecule has 0 aliphatic carbocycles. The van der Waals surface area contributed by atoms with Crippen molar-refractivity contribution in [1.29, 1.82) is 0 Å². The van der Waals surface area contributed by atoms with Crippen molar-refractivity contribution in [2.24, 2.45) is 10.9 Å². The Kier molecular flexibility index (Phi) is 3.51. The predicted molar refractivity (Wildman–Crippen MR) is 91.9 cm³/mol. The van der Waals surface area contributed by atoms with Crippen LogP contribution < -0.4 is 15.6 Å². The Bertz CT molecular complexity index is 934. The van der Waals surface area contributed by atoms with Crippen molar-refractivity contribution in [3.8, 4) is 22.7 Å². The van der Waals surface area contributed by atoms with Crippen LogP contribution in [0.25, 0.3) is 16.9 Å². The summed E-state index contributed by atoms with van der Waals surface area (Å²) >= 11 is 1.18. The molecule has 4 rings (SSSR count). The molecule has 0 radical (unpaired) electrons. The molecule has 0 saturated heterocycles. The van der Waals surface area contributed by atoms with Crippen molar-refractivity contribution in [3.63, 3.8) is 0 Å². The normalized spacial score (nSPS) is 12.2. The summed E-state index contributed by atoms with van der Waals surface area (Å²) in [6.07, 6.45) is 0. The molecule has 4 N–H and O–H groups in total. The lowest BCUT2D eigenvalue weighted by atomic mass is 10.0. The molecule has 0 bridgehead atoms. The molecule has 2 heterocycles. The van der Waals surface area contributed by atoms with Gasteiger partial charge in [-0.3, -0.25) is 9.93 Å². The zero-order chi connectivity index (χ0) is 16.7. The number of hydrogen-bond donors (Lipinski definition) is 2. The van der Waals surface area contributed by atoms with Gasteiger partial charge in [0.15, 0.2) is 5.69 Å². The van der Waals surface area contributed by atoms with Crippen molar-refractivity contribution in [1.82, 2.24) is 9.78 Å². The van der Waals surface area contributed by atoms with Gasteiger partial charge in [0.05, 0.1) is 11.4 Å². The molecule has 0 spiro atoms. The van der Waals surface area contributed by atoms with Gasteiger partial charge in [0.1, 0.15) is 12.4 Å². The molecule has 0 atom stereocenters. The number of hydrogen-bond acceptors (Lipinski definition) is 5. The minimum Gasteiger partial charge on any atom is -0.488 e. The van der Waals surface area contributed by atoms with Crippen molar-refractivity contribution >= 4 is 17.9 Å². The molecule has 0 saturated carbocycles. The van der Waals surface area contributed by atoms with Crippen LogP contribution in [0, 0.1) is 0 Å². The fourth-order valence-electron chi connectivity index (χ4n) is 2.85. The van der Waals surface area contributed by atoms with E-state index in [0.29, 0.717) is 5.56 Å². The van der Waals surface area contributed by atoms with E-state index in [1.807, 2.05) is 48.5 Å². The smallest absolute Gasteiger partial charge is 0.269 e. The lowest BCUT2D eigenvalue weighted by molar-refractivity contribution is 0.0992. The predicted octanol–water partition coefficient (Wildman–Crippen LogP) is 2.50. The van der Waals surface area contributed by atoms with Crippen LogP contribution in [0.15, 0.2) is 53.4 Å². The second-order valence-electron chi connectivity index (χ2n) is 5.35. The third kappa shape index (κ3) is 2.26. The Morgan fingerprint density at radius 2 is 1.92 bits per heavy atom. The number of primary amides is 1. The molecular formula is C17H14N4O2S. The zero-order valence-electron chi connectivity index (χ0n) is 12.6. The van der Waals surface area contributed by atoms with E-state index in [1.165, 1.54) is 11.9 Å². The molecule has 1 aromatic heterocycles. The molecule has 1 aliphatic rings. The van der Waals surface area contributed by atoms with Crippen molar-refractivity contribution < 1.29 is 9.53 Å². The van der Waals surface area contributed by atoms with Crippen LogP contribution in [0.1, 0.15) is 16.1 Å². The maximum absolute atomic E-state index is 11.8. The molecule has 0 fully saturated rings. The number of carbonyl (C=O) groups excluding carboxylic acids is 1. The third-order valence-electron chi connectivity index (χ3n) is 3.95. The molecule has 1 aliphatic heterocycles. The highest BCUT2D eigenvalue weighted by Gasteiger charge is 2.28. The van der Waals surface area contributed by atoms with Gasteiger partial charge < -0.3 is 10.5 Å².